The Morgan fingerprint density at radius 2 is 2.00 bits per heavy atom. The van der Waals surface area contributed by atoms with E-state index < -0.39 is 0 Å². The number of morpholine rings is 1. The van der Waals surface area contributed by atoms with Crippen LogP contribution in [0.3, 0.4) is 0 Å². The largest absolute Gasteiger partial charge is 0.381 e. The first-order valence-corrected chi connectivity index (χ1v) is 6.12. The Bertz CT molecular complexity index is 572. The molecule has 0 radical (unpaired) electrons. The maximum Gasteiger partial charge on any atom is 0.172 e. The van der Waals surface area contributed by atoms with Gasteiger partial charge in [0, 0.05) is 6.54 Å². The summed E-state index contributed by atoms with van der Waals surface area (Å²) < 4.78 is 5.43. The first-order chi connectivity index (χ1) is 8.75. The summed E-state index contributed by atoms with van der Waals surface area (Å²) in [6, 6.07) is 8.05. The molecule has 94 valence electrons. The quantitative estimate of drug-likeness (QED) is 0.822. The maximum atomic E-state index is 6.02. The molecule has 1 unspecified atom stereocenters. The van der Waals surface area contributed by atoms with E-state index in [4.69, 9.17) is 10.5 Å². The van der Waals surface area contributed by atoms with E-state index in [2.05, 4.69) is 21.8 Å². The van der Waals surface area contributed by atoms with Crippen molar-refractivity contribution < 1.29 is 4.74 Å². The second-order valence-corrected chi connectivity index (χ2v) is 4.54. The van der Waals surface area contributed by atoms with Crippen LogP contribution in [0.2, 0.25) is 0 Å². The van der Waals surface area contributed by atoms with Crippen LogP contribution >= 0.6 is 0 Å². The minimum absolute atomic E-state index is 0.275. The molecule has 18 heavy (non-hydrogen) atoms. The number of nitrogens with two attached hydrogens (primary N) is 1. The Labute approximate surface area is 106 Å². The normalized spacial score (nSPS) is 20.3. The van der Waals surface area contributed by atoms with E-state index in [-0.39, 0.29) is 6.04 Å². The molecule has 3 rings (SSSR count). The number of aromatic nitrogens is 2. The molecule has 5 heteroatoms. The molecule has 5 nitrogen and oxygen atoms in total. The van der Waals surface area contributed by atoms with Crippen molar-refractivity contribution in [1.29, 1.82) is 0 Å². The first kappa shape index (κ1) is 11.2. The van der Waals surface area contributed by atoms with Crippen LogP contribution in [-0.2, 0) is 4.74 Å². The van der Waals surface area contributed by atoms with Gasteiger partial charge in [0.1, 0.15) is 0 Å². The second-order valence-electron chi connectivity index (χ2n) is 4.54. The number of ether oxygens (including phenoxy) is 1. The van der Waals surface area contributed by atoms with Gasteiger partial charge >= 0.3 is 0 Å². The SMILES string of the molecule is CC1COCCN1c1nc2ccccc2nc1N. The van der Waals surface area contributed by atoms with Gasteiger partial charge < -0.3 is 15.4 Å². The van der Waals surface area contributed by atoms with Crippen LogP contribution in [-0.4, -0.2) is 35.8 Å². The van der Waals surface area contributed by atoms with Gasteiger partial charge in [0.15, 0.2) is 11.6 Å². The molecule has 2 aromatic rings. The van der Waals surface area contributed by atoms with E-state index in [0.29, 0.717) is 19.0 Å². The number of fused-ring (bicyclic) bond motifs is 1. The van der Waals surface area contributed by atoms with Crippen LogP contribution in [0.15, 0.2) is 24.3 Å². The monoisotopic (exact) mass is 244 g/mol. The molecule has 2 N–H and O–H groups in total. The first-order valence-electron chi connectivity index (χ1n) is 6.12. The minimum atomic E-state index is 0.275. The lowest BCUT2D eigenvalue weighted by molar-refractivity contribution is 0.0986. The number of hydrogen-bond acceptors (Lipinski definition) is 5. The fourth-order valence-corrected chi connectivity index (χ4v) is 2.26. The smallest absolute Gasteiger partial charge is 0.172 e. The predicted molar refractivity (Wildman–Crippen MR) is 71.6 cm³/mol. The highest BCUT2D eigenvalue weighted by molar-refractivity contribution is 5.79. The molecule has 1 fully saturated rings. The molecular formula is C13H16N4O. The molecular weight excluding hydrogens is 228 g/mol. The van der Waals surface area contributed by atoms with Crippen molar-refractivity contribution in [3.63, 3.8) is 0 Å². The summed E-state index contributed by atoms with van der Waals surface area (Å²) in [6.07, 6.45) is 0. The molecule has 1 aromatic heterocycles. The van der Waals surface area contributed by atoms with Gasteiger partial charge in [0.25, 0.3) is 0 Å². The minimum Gasteiger partial charge on any atom is -0.381 e. The molecule has 1 aliphatic rings. The second kappa shape index (κ2) is 4.42. The highest BCUT2D eigenvalue weighted by Gasteiger charge is 2.22. The molecule has 0 aliphatic carbocycles. The van der Waals surface area contributed by atoms with Gasteiger partial charge in [-0.05, 0) is 19.1 Å². The standard InChI is InChI=1S/C13H16N4O/c1-9-8-18-7-6-17(9)13-12(14)15-10-4-2-3-5-11(10)16-13/h2-5,9H,6-8H2,1H3,(H2,14,15). The summed E-state index contributed by atoms with van der Waals surface area (Å²) >= 11 is 0. The van der Waals surface area contributed by atoms with Gasteiger partial charge in [-0.25, -0.2) is 9.97 Å². The van der Waals surface area contributed by atoms with Crippen LogP contribution in [0.4, 0.5) is 11.6 Å². The fourth-order valence-electron chi connectivity index (χ4n) is 2.26. The van der Waals surface area contributed by atoms with Crippen molar-refractivity contribution in [2.24, 2.45) is 0 Å². The van der Waals surface area contributed by atoms with Crippen molar-refractivity contribution in [2.45, 2.75) is 13.0 Å². The van der Waals surface area contributed by atoms with Gasteiger partial charge in [-0.3, -0.25) is 0 Å². The number of benzene rings is 1. The summed E-state index contributed by atoms with van der Waals surface area (Å²) in [5.74, 6) is 1.26. The van der Waals surface area contributed by atoms with E-state index in [9.17, 15) is 0 Å². The lowest BCUT2D eigenvalue weighted by atomic mass is 10.2. The third-order valence-corrected chi connectivity index (χ3v) is 3.22. The van der Waals surface area contributed by atoms with Crippen molar-refractivity contribution >= 4 is 22.7 Å². The molecule has 2 heterocycles. The van der Waals surface area contributed by atoms with Crippen molar-refractivity contribution in [3.8, 4) is 0 Å². The number of rotatable bonds is 1. The van der Waals surface area contributed by atoms with E-state index in [1.807, 2.05) is 24.3 Å². The third kappa shape index (κ3) is 1.86. The average molecular weight is 244 g/mol. The lowest BCUT2D eigenvalue weighted by Gasteiger charge is -2.34. The van der Waals surface area contributed by atoms with Crippen LogP contribution in [0, 0.1) is 0 Å². The highest BCUT2D eigenvalue weighted by atomic mass is 16.5. The maximum absolute atomic E-state index is 6.02. The summed E-state index contributed by atoms with van der Waals surface area (Å²) in [4.78, 5) is 11.2. The number of anilines is 2. The molecule has 0 amide bonds. The number of nitrogen functional groups attached to an aromatic ring is 1. The molecule has 0 bridgehead atoms. The summed E-state index contributed by atoms with van der Waals surface area (Å²) in [5.41, 5.74) is 7.73. The van der Waals surface area contributed by atoms with Crippen molar-refractivity contribution in [3.05, 3.63) is 24.3 Å². The zero-order chi connectivity index (χ0) is 12.5. The van der Waals surface area contributed by atoms with Crippen LogP contribution in [0.25, 0.3) is 11.0 Å². The summed E-state index contributed by atoms with van der Waals surface area (Å²) in [5, 5.41) is 0. The molecule has 1 saturated heterocycles. The summed E-state index contributed by atoms with van der Waals surface area (Å²) in [6.45, 7) is 4.32. The Hall–Kier alpha value is -1.88. The Morgan fingerprint density at radius 1 is 1.28 bits per heavy atom. The van der Waals surface area contributed by atoms with Crippen molar-refractivity contribution in [1.82, 2.24) is 9.97 Å². The van der Waals surface area contributed by atoms with Gasteiger partial charge in [-0.15, -0.1) is 0 Å². The van der Waals surface area contributed by atoms with Crippen LogP contribution < -0.4 is 10.6 Å². The van der Waals surface area contributed by atoms with E-state index in [1.54, 1.807) is 0 Å². The van der Waals surface area contributed by atoms with Gasteiger partial charge in [0.05, 0.1) is 30.3 Å². The van der Waals surface area contributed by atoms with Crippen molar-refractivity contribution in [2.75, 3.05) is 30.4 Å². The Kier molecular flexibility index (Phi) is 2.76. The molecule has 0 spiro atoms. The Morgan fingerprint density at radius 3 is 2.72 bits per heavy atom. The fraction of sp³-hybridized carbons (Fsp3) is 0.385. The van der Waals surface area contributed by atoms with Crippen LogP contribution in [0.5, 0.6) is 0 Å². The Balaban J connectivity index is 2.07. The molecule has 1 aromatic carbocycles. The number of nitrogens with zero attached hydrogens (tertiary/aromatic N) is 3. The lowest BCUT2D eigenvalue weighted by Crippen LogP contribution is -2.44. The third-order valence-electron chi connectivity index (χ3n) is 3.22. The van der Waals surface area contributed by atoms with Crippen LogP contribution in [0.1, 0.15) is 6.92 Å². The van der Waals surface area contributed by atoms with E-state index in [1.165, 1.54) is 0 Å². The van der Waals surface area contributed by atoms with Gasteiger partial charge in [0.2, 0.25) is 0 Å². The number of hydrogen-bond donors (Lipinski definition) is 1. The van der Waals surface area contributed by atoms with E-state index >= 15 is 0 Å². The predicted octanol–water partition coefficient (Wildman–Crippen LogP) is 1.44. The zero-order valence-electron chi connectivity index (χ0n) is 10.3. The van der Waals surface area contributed by atoms with E-state index in [0.717, 1.165) is 23.4 Å². The zero-order valence-corrected chi connectivity index (χ0v) is 10.3. The molecule has 1 atom stereocenters. The highest BCUT2D eigenvalue weighted by Crippen LogP contribution is 2.25. The van der Waals surface area contributed by atoms with Gasteiger partial charge in [-0.2, -0.15) is 0 Å². The molecule has 0 saturated carbocycles. The average Bonchev–Trinajstić information content (AvgIpc) is 2.39. The molecule has 1 aliphatic heterocycles. The van der Waals surface area contributed by atoms with Gasteiger partial charge in [-0.1, -0.05) is 12.1 Å². The topological polar surface area (TPSA) is 64.3 Å². The number of para-hydroxylation sites is 2. The summed E-state index contributed by atoms with van der Waals surface area (Å²) in [7, 11) is 0.